The second-order valence-corrected chi connectivity index (χ2v) is 6.54. The van der Waals surface area contributed by atoms with Gasteiger partial charge in [-0.05, 0) is 26.0 Å². The Morgan fingerprint density at radius 3 is 2.38 bits per heavy atom. The molecule has 0 fully saturated rings. The summed E-state index contributed by atoms with van der Waals surface area (Å²) in [6, 6.07) is 14.1. The predicted octanol–water partition coefficient (Wildman–Crippen LogP) is 2.92. The van der Waals surface area contributed by atoms with Crippen molar-refractivity contribution in [3.8, 4) is 11.3 Å². The molecular formula is C20H20N4O2. The molecule has 2 aromatic heterocycles. The van der Waals surface area contributed by atoms with Gasteiger partial charge in [-0.2, -0.15) is 0 Å². The molecule has 3 rings (SSSR count). The van der Waals surface area contributed by atoms with Crippen molar-refractivity contribution < 1.29 is 4.79 Å². The predicted molar refractivity (Wildman–Crippen MR) is 101 cm³/mol. The van der Waals surface area contributed by atoms with Crippen LogP contribution < -0.4 is 10.9 Å². The van der Waals surface area contributed by atoms with E-state index in [4.69, 9.17) is 0 Å². The molecule has 6 nitrogen and oxygen atoms in total. The molecule has 6 heteroatoms. The van der Waals surface area contributed by atoms with E-state index in [1.807, 2.05) is 18.2 Å². The fraction of sp³-hybridized carbons (Fsp3) is 0.200. The van der Waals surface area contributed by atoms with Gasteiger partial charge in [0.1, 0.15) is 0 Å². The zero-order chi connectivity index (χ0) is 18.7. The molecule has 0 bridgehead atoms. The Labute approximate surface area is 151 Å². The van der Waals surface area contributed by atoms with Gasteiger partial charge in [0, 0.05) is 36.6 Å². The van der Waals surface area contributed by atoms with Crippen LogP contribution in [0.1, 0.15) is 24.2 Å². The molecule has 0 aliphatic heterocycles. The maximum atomic E-state index is 12.8. The van der Waals surface area contributed by atoms with Gasteiger partial charge in [0.2, 0.25) is 5.95 Å². The Morgan fingerprint density at radius 2 is 1.73 bits per heavy atom. The maximum absolute atomic E-state index is 12.8. The van der Waals surface area contributed by atoms with E-state index in [0.717, 1.165) is 5.56 Å². The van der Waals surface area contributed by atoms with Crippen molar-refractivity contribution in [1.29, 1.82) is 0 Å². The van der Waals surface area contributed by atoms with Crippen molar-refractivity contribution in [2.45, 2.75) is 19.4 Å². The van der Waals surface area contributed by atoms with Gasteiger partial charge in [-0.1, -0.05) is 30.3 Å². The van der Waals surface area contributed by atoms with E-state index in [0.29, 0.717) is 17.2 Å². The average Bonchev–Trinajstić information content (AvgIpc) is 2.66. The molecule has 132 valence electrons. The third kappa shape index (κ3) is 3.54. The molecular weight excluding hydrogens is 328 g/mol. The minimum absolute atomic E-state index is 0.0818. The fourth-order valence-corrected chi connectivity index (χ4v) is 2.61. The molecule has 0 atom stereocenters. The molecule has 0 saturated heterocycles. The molecule has 0 aliphatic carbocycles. The van der Waals surface area contributed by atoms with Crippen molar-refractivity contribution in [1.82, 2.24) is 14.5 Å². The smallest absolute Gasteiger partial charge is 0.255 e. The Morgan fingerprint density at radius 1 is 1.08 bits per heavy atom. The quantitative estimate of drug-likeness (QED) is 0.718. The minimum Gasteiger partial charge on any atom is -0.343 e. The summed E-state index contributed by atoms with van der Waals surface area (Å²) in [6.07, 6.45) is 3.29. The highest BCUT2D eigenvalue weighted by molar-refractivity contribution is 6.04. The number of benzene rings is 1. The number of anilines is 1. The van der Waals surface area contributed by atoms with Crippen molar-refractivity contribution in [2.75, 3.05) is 5.32 Å². The molecule has 1 N–H and O–H groups in total. The van der Waals surface area contributed by atoms with E-state index >= 15 is 0 Å². The van der Waals surface area contributed by atoms with Gasteiger partial charge in [0.15, 0.2) is 5.78 Å². The molecule has 1 aromatic carbocycles. The lowest BCUT2D eigenvalue weighted by Gasteiger charge is -2.26. The van der Waals surface area contributed by atoms with E-state index in [2.05, 4.69) is 15.3 Å². The molecule has 0 radical (unpaired) electrons. The minimum atomic E-state index is -0.935. The summed E-state index contributed by atoms with van der Waals surface area (Å²) < 4.78 is 1.39. The summed E-state index contributed by atoms with van der Waals surface area (Å²) in [7, 11) is 1.62. The first-order valence-electron chi connectivity index (χ1n) is 8.25. The van der Waals surface area contributed by atoms with Crippen LogP contribution in [0.5, 0.6) is 0 Å². The van der Waals surface area contributed by atoms with Gasteiger partial charge in [0.25, 0.3) is 5.56 Å². The maximum Gasteiger partial charge on any atom is 0.255 e. The first-order valence-corrected chi connectivity index (χ1v) is 8.25. The third-order valence-corrected chi connectivity index (χ3v) is 4.14. The second kappa shape index (κ2) is 6.92. The van der Waals surface area contributed by atoms with Gasteiger partial charge in [-0.15, -0.1) is 0 Å². The number of Topliss-reactive ketones (excluding diaryl/α,β-unsaturated/α-hetero) is 1. The van der Waals surface area contributed by atoms with E-state index < -0.39 is 5.54 Å². The van der Waals surface area contributed by atoms with Crippen LogP contribution in [0.3, 0.4) is 0 Å². The molecule has 0 aliphatic rings. The molecule has 26 heavy (non-hydrogen) atoms. The third-order valence-electron chi connectivity index (χ3n) is 4.14. The largest absolute Gasteiger partial charge is 0.343 e. The standard InChI is InChI=1S/C20H20N4O2/c1-20(2,18(26)15-7-5-4-6-8-15)23-19-22-16(13-17(25)24(19)3)14-9-11-21-12-10-14/h4-13H,1-3H3,(H,22,23). The van der Waals surface area contributed by atoms with Crippen LogP contribution in [0.25, 0.3) is 11.3 Å². The number of aromatic nitrogens is 3. The Hall–Kier alpha value is -3.28. The number of pyridine rings is 1. The highest BCUT2D eigenvalue weighted by Crippen LogP contribution is 2.20. The number of carbonyl (C=O) groups excluding carboxylic acids is 1. The van der Waals surface area contributed by atoms with Gasteiger partial charge >= 0.3 is 0 Å². The van der Waals surface area contributed by atoms with Gasteiger partial charge in [-0.25, -0.2) is 4.98 Å². The van der Waals surface area contributed by atoms with Crippen LogP contribution in [0.2, 0.25) is 0 Å². The summed E-state index contributed by atoms with van der Waals surface area (Å²) in [5, 5.41) is 3.12. The molecule has 2 heterocycles. The van der Waals surface area contributed by atoms with Crippen molar-refractivity contribution in [2.24, 2.45) is 7.05 Å². The zero-order valence-electron chi connectivity index (χ0n) is 14.9. The van der Waals surface area contributed by atoms with Crippen LogP contribution in [0.4, 0.5) is 5.95 Å². The van der Waals surface area contributed by atoms with Crippen LogP contribution in [-0.2, 0) is 7.05 Å². The molecule has 3 aromatic rings. The van der Waals surface area contributed by atoms with E-state index in [-0.39, 0.29) is 11.3 Å². The lowest BCUT2D eigenvalue weighted by atomic mass is 9.93. The van der Waals surface area contributed by atoms with E-state index in [1.54, 1.807) is 57.6 Å². The molecule has 0 saturated carbocycles. The molecule has 0 unspecified atom stereocenters. The Bertz CT molecular complexity index is 980. The number of rotatable bonds is 5. The summed E-state index contributed by atoms with van der Waals surface area (Å²) >= 11 is 0. The summed E-state index contributed by atoms with van der Waals surface area (Å²) in [4.78, 5) is 33.7. The number of ketones is 1. The zero-order valence-corrected chi connectivity index (χ0v) is 14.9. The van der Waals surface area contributed by atoms with Gasteiger partial charge in [-0.3, -0.25) is 19.1 Å². The topological polar surface area (TPSA) is 76.9 Å². The summed E-state index contributed by atoms with van der Waals surface area (Å²) in [5.41, 5.74) is 0.765. The number of nitrogens with zero attached hydrogens (tertiary/aromatic N) is 3. The van der Waals surface area contributed by atoms with Gasteiger partial charge < -0.3 is 5.32 Å². The van der Waals surface area contributed by atoms with Crippen LogP contribution in [0, 0.1) is 0 Å². The number of carbonyl (C=O) groups is 1. The number of hydrogen-bond donors (Lipinski definition) is 1. The summed E-state index contributed by atoms with van der Waals surface area (Å²) in [6.45, 7) is 3.54. The Balaban J connectivity index is 1.97. The number of nitrogens with one attached hydrogen (secondary N) is 1. The summed E-state index contributed by atoms with van der Waals surface area (Å²) in [5.74, 6) is 0.250. The van der Waals surface area contributed by atoms with Crippen molar-refractivity contribution in [3.63, 3.8) is 0 Å². The molecule has 0 spiro atoms. The average molecular weight is 348 g/mol. The fourth-order valence-electron chi connectivity index (χ4n) is 2.61. The van der Waals surface area contributed by atoms with Crippen molar-refractivity contribution in [3.05, 3.63) is 76.8 Å². The van der Waals surface area contributed by atoms with Crippen LogP contribution in [-0.4, -0.2) is 25.9 Å². The second-order valence-electron chi connectivity index (χ2n) is 6.54. The van der Waals surface area contributed by atoms with Crippen LogP contribution >= 0.6 is 0 Å². The first-order chi connectivity index (χ1) is 12.4. The van der Waals surface area contributed by atoms with Crippen LogP contribution in [0.15, 0.2) is 65.7 Å². The van der Waals surface area contributed by atoms with Gasteiger partial charge in [0.05, 0.1) is 11.2 Å². The Kier molecular flexibility index (Phi) is 4.67. The lowest BCUT2D eigenvalue weighted by Crippen LogP contribution is -2.42. The SMILES string of the molecule is Cn1c(NC(C)(C)C(=O)c2ccccc2)nc(-c2ccncc2)cc1=O. The van der Waals surface area contributed by atoms with E-state index in [9.17, 15) is 9.59 Å². The first kappa shape index (κ1) is 17.5. The number of hydrogen-bond acceptors (Lipinski definition) is 5. The van der Waals surface area contributed by atoms with E-state index in [1.165, 1.54) is 10.6 Å². The molecule has 0 amide bonds. The highest BCUT2D eigenvalue weighted by atomic mass is 16.1. The van der Waals surface area contributed by atoms with Crippen molar-refractivity contribution >= 4 is 11.7 Å². The normalized spacial score (nSPS) is 11.2. The highest BCUT2D eigenvalue weighted by Gasteiger charge is 2.29. The lowest BCUT2D eigenvalue weighted by molar-refractivity contribution is 0.0926. The monoisotopic (exact) mass is 348 g/mol.